The highest BCUT2D eigenvalue weighted by molar-refractivity contribution is 9.10. The molecule has 0 aliphatic carbocycles. The van der Waals surface area contributed by atoms with Crippen molar-refractivity contribution in [1.82, 2.24) is 0 Å². The van der Waals surface area contributed by atoms with Crippen molar-refractivity contribution < 1.29 is 23.9 Å². The second-order valence-corrected chi connectivity index (χ2v) is 4.95. The summed E-state index contributed by atoms with van der Waals surface area (Å²) in [7, 11) is 1.26. The van der Waals surface area contributed by atoms with Gasteiger partial charge in [0.05, 0.1) is 31.4 Å². The van der Waals surface area contributed by atoms with E-state index in [0.29, 0.717) is 10.2 Å². The van der Waals surface area contributed by atoms with Crippen molar-refractivity contribution in [1.29, 1.82) is 0 Å². The minimum Gasteiger partial charge on any atom is -0.469 e. The molecule has 0 spiro atoms. The highest BCUT2D eigenvalue weighted by Gasteiger charge is 2.15. The van der Waals surface area contributed by atoms with Crippen molar-refractivity contribution in [3.63, 3.8) is 0 Å². The van der Waals surface area contributed by atoms with Crippen molar-refractivity contribution >= 4 is 39.5 Å². The Hall–Kier alpha value is -1.89. The molecule has 7 heteroatoms. The van der Waals surface area contributed by atoms with Gasteiger partial charge in [-0.05, 0) is 25.1 Å². The molecule has 0 saturated heterocycles. The fourth-order valence-corrected chi connectivity index (χ4v) is 1.90. The van der Waals surface area contributed by atoms with E-state index in [4.69, 9.17) is 4.74 Å². The molecular formula is C14H16BrNO5. The van der Waals surface area contributed by atoms with Crippen LogP contribution in [0, 0.1) is 0 Å². The number of carbonyl (C=O) groups is 3. The van der Waals surface area contributed by atoms with Crippen molar-refractivity contribution in [2.45, 2.75) is 19.8 Å². The van der Waals surface area contributed by atoms with Gasteiger partial charge in [-0.2, -0.15) is 0 Å². The van der Waals surface area contributed by atoms with Gasteiger partial charge in [-0.1, -0.05) is 15.9 Å². The molecule has 0 aliphatic rings. The number of ether oxygens (including phenoxy) is 2. The molecule has 0 aromatic heterocycles. The summed E-state index contributed by atoms with van der Waals surface area (Å²) in [5.41, 5.74) is 0.587. The van der Waals surface area contributed by atoms with Gasteiger partial charge in [-0.15, -0.1) is 0 Å². The molecule has 1 aromatic carbocycles. The molecule has 1 N–H and O–H groups in total. The SMILES string of the molecule is CCOC(=O)c1ccc(Br)cc1NC(=O)CCC(=O)OC. The number of anilines is 1. The Morgan fingerprint density at radius 2 is 1.95 bits per heavy atom. The van der Waals surface area contributed by atoms with Crippen molar-refractivity contribution in [3.8, 4) is 0 Å². The van der Waals surface area contributed by atoms with Crippen molar-refractivity contribution in [2.75, 3.05) is 19.0 Å². The van der Waals surface area contributed by atoms with Gasteiger partial charge in [0.2, 0.25) is 5.91 Å². The second kappa shape index (κ2) is 8.41. The molecule has 0 unspecified atom stereocenters. The number of carbonyl (C=O) groups excluding carboxylic acids is 3. The maximum atomic E-state index is 11.8. The lowest BCUT2D eigenvalue weighted by Gasteiger charge is -2.11. The maximum Gasteiger partial charge on any atom is 0.340 e. The number of hydrogen-bond acceptors (Lipinski definition) is 5. The molecule has 114 valence electrons. The van der Waals surface area contributed by atoms with Crippen LogP contribution in [-0.4, -0.2) is 31.6 Å². The predicted octanol–water partition coefficient (Wildman–Crippen LogP) is 2.52. The van der Waals surface area contributed by atoms with E-state index in [1.165, 1.54) is 7.11 Å². The minimum absolute atomic E-state index is 0.0227. The standard InChI is InChI=1S/C14H16BrNO5/c1-3-21-14(19)10-5-4-9(15)8-11(10)16-12(17)6-7-13(18)20-2/h4-5,8H,3,6-7H2,1-2H3,(H,16,17). The number of esters is 2. The van der Waals surface area contributed by atoms with E-state index < -0.39 is 11.9 Å². The largest absolute Gasteiger partial charge is 0.469 e. The highest BCUT2D eigenvalue weighted by Crippen LogP contribution is 2.22. The monoisotopic (exact) mass is 357 g/mol. The summed E-state index contributed by atoms with van der Waals surface area (Å²) in [5.74, 6) is -1.37. The van der Waals surface area contributed by atoms with E-state index in [2.05, 4.69) is 26.0 Å². The van der Waals surface area contributed by atoms with Crippen LogP contribution >= 0.6 is 15.9 Å². The molecule has 0 atom stereocenters. The smallest absolute Gasteiger partial charge is 0.340 e. The van der Waals surface area contributed by atoms with E-state index in [9.17, 15) is 14.4 Å². The third-order valence-electron chi connectivity index (χ3n) is 2.53. The molecule has 6 nitrogen and oxygen atoms in total. The van der Waals surface area contributed by atoms with Gasteiger partial charge in [0.15, 0.2) is 0 Å². The first-order valence-corrected chi connectivity index (χ1v) is 7.10. The van der Waals surface area contributed by atoms with Crippen molar-refractivity contribution in [2.24, 2.45) is 0 Å². The molecule has 1 rings (SSSR count). The lowest BCUT2D eigenvalue weighted by atomic mass is 10.1. The van der Waals surface area contributed by atoms with Crippen molar-refractivity contribution in [3.05, 3.63) is 28.2 Å². The molecule has 0 fully saturated rings. The zero-order chi connectivity index (χ0) is 15.8. The van der Waals surface area contributed by atoms with Gasteiger partial charge in [-0.3, -0.25) is 9.59 Å². The zero-order valence-corrected chi connectivity index (χ0v) is 13.4. The van der Waals surface area contributed by atoms with Crippen LogP contribution in [0.1, 0.15) is 30.1 Å². The summed E-state index contributed by atoms with van der Waals surface area (Å²) >= 11 is 3.27. The highest BCUT2D eigenvalue weighted by atomic mass is 79.9. The molecular weight excluding hydrogens is 342 g/mol. The average molecular weight is 358 g/mol. The van der Waals surface area contributed by atoms with E-state index in [-0.39, 0.29) is 30.9 Å². The number of amides is 1. The Morgan fingerprint density at radius 3 is 2.57 bits per heavy atom. The number of hydrogen-bond donors (Lipinski definition) is 1. The van der Waals surface area contributed by atoms with E-state index in [0.717, 1.165) is 0 Å². The van der Waals surface area contributed by atoms with Gasteiger partial charge in [0.1, 0.15) is 0 Å². The summed E-state index contributed by atoms with van der Waals surface area (Å²) < 4.78 is 10.1. The van der Waals surface area contributed by atoms with E-state index in [1.807, 2.05) is 0 Å². The first-order valence-electron chi connectivity index (χ1n) is 6.31. The second-order valence-electron chi connectivity index (χ2n) is 4.03. The van der Waals surface area contributed by atoms with Crippen LogP contribution in [0.2, 0.25) is 0 Å². The number of rotatable bonds is 6. The Morgan fingerprint density at radius 1 is 1.24 bits per heavy atom. The summed E-state index contributed by atoms with van der Waals surface area (Å²) in [6.07, 6.45) is -0.0491. The predicted molar refractivity (Wildman–Crippen MR) is 80.0 cm³/mol. The quantitative estimate of drug-likeness (QED) is 0.791. The van der Waals surface area contributed by atoms with E-state index >= 15 is 0 Å². The van der Waals surface area contributed by atoms with Crippen LogP contribution in [0.3, 0.4) is 0 Å². The van der Waals surface area contributed by atoms with Gasteiger partial charge in [-0.25, -0.2) is 4.79 Å². The lowest BCUT2D eigenvalue weighted by molar-refractivity contribution is -0.141. The zero-order valence-electron chi connectivity index (χ0n) is 11.8. The third kappa shape index (κ3) is 5.55. The number of nitrogens with one attached hydrogen (secondary N) is 1. The molecule has 0 saturated carbocycles. The minimum atomic E-state index is -0.520. The fourth-order valence-electron chi connectivity index (χ4n) is 1.54. The fraction of sp³-hybridized carbons (Fsp3) is 0.357. The van der Waals surface area contributed by atoms with Crippen LogP contribution in [0.15, 0.2) is 22.7 Å². The maximum absolute atomic E-state index is 11.8. The Kier molecular flexibility index (Phi) is 6.87. The number of benzene rings is 1. The Bertz CT molecular complexity index is 544. The third-order valence-corrected chi connectivity index (χ3v) is 3.03. The molecule has 21 heavy (non-hydrogen) atoms. The Balaban J connectivity index is 2.81. The molecule has 0 heterocycles. The Labute approximate surface area is 130 Å². The van der Waals surface area contributed by atoms with Crippen LogP contribution in [0.5, 0.6) is 0 Å². The van der Waals surface area contributed by atoms with Gasteiger partial charge >= 0.3 is 11.9 Å². The molecule has 0 aliphatic heterocycles. The topological polar surface area (TPSA) is 81.7 Å². The van der Waals surface area contributed by atoms with Crippen LogP contribution < -0.4 is 5.32 Å². The van der Waals surface area contributed by atoms with Gasteiger partial charge in [0, 0.05) is 10.9 Å². The van der Waals surface area contributed by atoms with Gasteiger partial charge in [0.25, 0.3) is 0 Å². The molecule has 1 aromatic rings. The van der Waals surface area contributed by atoms with Crippen LogP contribution in [-0.2, 0) is 19.1 Å². The lowest BCUT2D eigenvalue weighted by Crippen LogP contribution is -2.17. The average Bonchev–Trinajstić information content (AvgIpc) is 2.45. The normalized spacial score (nSPS) is 9.86. The summed E-state index contributed by atoms with van der Waals surface area (Å²) in [6.45, 7) is 1.94. The first kappa shape index (κ1) is 17.2. The van der Waals surface area contributed by atoms with E-state index in [1.54, 1.807) is 25.1 Å². The number of methoxy groups -OCH3 is 1. The summed E-state index contributed by atoms with van der Waals surface area (Å²) in [4.78, 5) is 34.6. The molecule has 0 radical (unpaired) electrons. The van der Waals surface area contributed by atoms with Crippen LogP contribution in [0.25, 0.3) is 0 Å². The summed E-state index contributed by atoms with van der Waals surface area (Å²) in [5, 5.41) is 2.59. The molecule has 1 amide bonds. The summed E-state index contributed by atoms with van der Waals surface area (Å²) in [6, 6.07) is 4.83. The van der Waals surface area contributed by atoms with Crippen LogP contribution in [0.4, 0.5) is 5.69 Å². The van der Waals surface area contributed by atoms with Gasteiger partial charge < -0.3 is 14.8 Å². The number of halogens is 1. The first-order chi connectivity index (χ1) is 9.97. The molecule has 0 bridgehead atoms.